The maximum atomic E-state index is 13.0. The zero-order valence-electron chi connectivity index (χ0n) is 18.4. The smallest absolute Gasteiger partial charge is 0.270 e. The summed E-state index contributed by atoms with van der Waals surface area (Å²) in [5, 5.41) is 9.60. The van der Waals surface area contributed by atoms with Crippen LogP contribution in [-0.2, 0) is 16.6 Å². The molecule has 0 spiro atoms. The first kappa shape index (κ1) is 23.5. The molecule has 2 fully saturated rings. The number of carbonyl (C=O) groups is 1. The van der Waals surface area contributed by atoms with Crippen molar-refractivity contribution < 1.29 is 9.53 Å². The second-order valence-electron chi connectivity index (χ2n) is 8.09. The largest absolute Gasteiger partial charge is 0.385 e. The molecule has 1 aromatic rings. The van der Waals surface area contributed by atoms with Crippen molar-refractivity contribution in [1.82, 2.24) is 9.47 Å². The van der Waals surface area contributed by atoms with E-state index >= 15 is 0 Å². The van der Waals surface area contributed by atoms with Crippen LogP contribution in [-0.4, -0.2) is 53.0 Å². The number of hydrogen-bond acceptors (Lipinski definition) is 7. The average Bonchev–Trinajstić information content (AvgIpc) is 3.00. The van der Waals surface area contributed by atoms with Crippen LogP contribution in [0.1, 0.15) is 42.9 Å². The van der Waals surface area contributed by atoms with Crippen LogP contribution in [0.3, 0.4) is 0 Å². The minimum Gasteiger partial charge on any atom is -0.385 e. The molecule has 0 radical (unpaired) electrons. The van der Waals surface area contributed by atoms with Crippen LogP contribution < -0.4 is 10.5 Å². The minimum absolute atomic E-state index is 0.109. The maximum Gasteiger partial charge on any atom is 0.270 e. The maximum absolute atomic E-state index is 13.0. The number of pyridine rings is 1. The van der Waals surface area contributed by atoms with Gasteiger partial charge in [-0.3, -0.25) is 19.1 Å². The summed E-state index contributed by atoms with van der Waals surface area (Å²) in [5.41, 5.74) is 1.14. The quantitative estimate of drug-likeness (QED) is 0.367. The Bertz CT molecular complexity index is 1030. The Kier molecular flexibility index (Phi) is 7.57. The molecule has 166 valence electrons. The molecule has 1 amide bonds. The predicted molar refractivity (Wildman–Crippen MR) is 128 cm³/mol. The molecule has 31 heavy (non-hydrogen) atoms. The van der Waals surface area contributed by atoms with Crippen molar-refractivity contribution in [2.24, 2.45) is 13.0 Å². The van der Waals surface area contributed by atoms with Gasteiger partial charge in [-0.1, -0.05) is 30.9 Å². The molecule has 3 rings (SSSR count). The summed E-state index contributed by atoms with van der Waals surface area (Å²) >= 11 is 6.69. The lowest BCUT2D eigenvalue weighted by Gasteiger charge is -2.35. The highest BCUT2D eigenvalue weighted by Crippen LogP contribution is 2.36. The van der Waals surface area contributed by atoms with Gasteiger partial charge in [0.25, 0.3) is 11.5 Å². The summed E-state index contributed by atoms with van der Waals surface area (Å²) in [6.45, 7) is 6.70. The summed E-state index contributed by atoms with van der Waals surface area (Å²) in [7, 11) is 3.33. The number of rotatable bonds is 6. The van der Waals surface area contributed by atoms with Crippen molar-refractivity contribution >= 4 is 46.1 Å². The molecule has 2 aliphatic heterocycles. The molecule has 0 aromatic carbocycles. The fraction of sp³-hybridized carbons (Fsp3) is 0.545. The number of amides is 1. The number of ether oxygens (including phenoxy) is 1. The summed E-state index contributed by atoms with van der Waals surface area (Å²) in [5.74, 6) is 1.13. The topological polar surface area (TPSA) is 78.6 Å². The second-order valence-corrected chi connectivity index (χ2v) is 9.76. The second kappa shape index (κ2) is 9.98. The Morgan fingerprint density at radius 2 is 2.13 bits per heavy atom. The van der Waals surface area contributed by atoms with Crippen LogP contribution in [0.25, 0.3) is 6.08 Å². The summed E-state index contributed by atoms with van der Waals surface area (Å²) < 4.78 is 7.15. The molecule has 0 aliphatic carbocycles. The highest BCUT2D eigenvalue weighted by Gasteiger charge is 2.33. The number of nitriles is 1. The third-order valence-corrected chi connectivity index (χ3v) is 7.18. The number of piperidine rings is 1. The first-order valence-electron chi connectivity index (χ1n) is 10.4. The third-order valence-electron chi connectivity index (χ3n) is 5.80. The number of aromatic nitrogens is 1. The molecule has 0 saturated carbocycles. The van der Waals surface area contributed by atoms with Crippen LogP contribution in [0.2, 0.25) is 0 Å². The number of nitrogens with zero attached hydrogens (tertiary/aromatic N) is 4. The predicted octanol–water partition coefficient (Wildman–Crippen LogP) is 3.04. The molecule has 1 aromatic heterocycles. The van der Waals surface area contributed by atoms with E-state index in [1.54, 1.807) is 36.6 Å². The van der Waals surface area contributed by atoms with Crippen molar-refractivity contribution in [3.05, 3.63) is 31.9 Å². The molecular weight excluding hydrogens is 432 g/mol. The Labute approximate surface area is 192 Å². The Hall–Kier alpha value is -2.15. The van der Waals surface area contributed by atoms with E-state index in [0.29, 0.717) is 40.3 Å². The molecule has 2 aliphatic rings. The first-order valence-corrected chi connectivity index (χ1v) is 11.7. The van der Waals surface area contributed by atoms with E-state index in [1.807, 2.05) is 6.07 Å². The van der Waals surface area contributed by atoms with E-state index in [9.17, 15) is 14.9 Å². The van der Waals surface area contributed by atoms with Gasteiger partial charge in [-0.25, -0.2) is 0 Å². The molecule has 3 heterocycles. The van der Waals surface area contributed by atoms with Gasteiger partial charge in [0.1, 0.15) is 21.8 Å². The lowest BCUT2D eigenvalue weighted by atomic mass is 9.98. The van der Waals surface area contributed by atoms with Gasteiger partial charge in [-0.15, -0.1) is 0 Å². The van der Waals surface area contributed by atoms with Crippen LogP contribution in [0, 0.1) is 24.2 Å². The molecule has 1 unspecified atom stereocenters. The average molecular weight is 461 g/mol. The zero-order chi connectivity index (χ0) is 22.7. The molecule has 1 atom stereocenters. The number of hydrogen-bond donors (Lipinski definition) is 0. The van der Waals surface area contributed by atoms with E-state index in [0.717, 1.165) is 37.3 Å². The lowest BCUT2D eigenvalue weighted by molar-refractivity contribution is -0.122. The van der Waals surface area contributed by atoms with Gasteiger partial charge < -0.3 is 9.64 Å². The van der Waals surface area contributed by atoms with Crippen molar-refractivity contribution in [1.29, 1.82) is 5.26 Å². The van der Waals surface area contributed by atoms with Crippen LogP contribution in [0.15, 0.2) is 9.70 Å². The van der Waals surface area contributed by atoms with Gasteiger partial charge in [0.15, 0.2) is 0 Å². The lowest BCUT2D eigenvalue weighted by Crippen LogP contribution is -2.39. The standard InChI is InChI=1S/C22H28N4O3S2/c1-14-7-5-8-25(13-14)19-16(15(2)17(12-23)20(27)24(19)3)11-18-21(28)26(22(30)31-18)9-6-10-29-4/h11,14H,5-10,13H2,1-4H3/b18-11+. The number of carbonyl (C=O) groups excluding carboxylic acids is 1. The normalized spacial score (nSPS) is 20.6. The number of anilines is 1. The van der Waals surface area contributed by atoms with Crippen molar-refractivity contribution in [2.45, 2.75) is 33.1 Å². The van der Waals surface area contributed by atoms with Crippen LogP contribution in [0.5, 0.6) is 0 Å². The van der Waals surface area contributed by atoms with Crippen LogP contribution in [0.4, 0.5) is 5.82 Å². The Balaban J connectivity index is 2.09. The Morgan fingerprint density at radius 1 is 1.39 bits per heavy atom. The van der Waals surface area contributed by atoms with Gasteiger partial charge in [-0.2, -0.15) is 5.26 Å². The summed E-state index contributed by atoms with van der Waals surface area (Å²) in [4.78, 5) is 30.2. The van der Waals surface area contributed by atoms with E-state index in [-0.39, 0.29) is 17.0 Å². The molecule has 0 N–H and O–H groups in total. The monoisotopic (exact) mass is 460 g/mol. The SMILES string of the molecule is COCCCN1C(=O)/C(=C\c2c(C)c(C#N)c(=O)n(C)c2N2CCCC(C)C2)SC1=S. The minimum atomic E-state index is -0.308. The van der Waals surface area contributed by atoms with Crippen LogP contribution >= 0.6 is 24.0 Å². The molecule has 0 bridgehead atoms. The number of thioether (sulfide) groups is 1. The highest BCUT2D eigenvalue weighted by atomic mass is 32.2. The van der Waals surface area contributed by atoms with E-state index in [2.05, 4.69) is 11.8 Å². The van der Waals surface area contributed by atoms with Gasteiger partial charge in [0.05, 0.1) is 4.91 Å². The van der Waals surface area contributed by atoms with Crippen molar-refractivity contribution in [2.75, 3.05) is 38.3 Å². The third kappa shape index (κ3) is 4.71. The molecular formula is C22H28N4O3S2. The fourth-order valence-corrected chi connectivity index (χ4v) is 5.46. The van der Waals surface area contributed by atoms with Gasteiger partial charge in [-0.05, 0) is 43.7 Å². The van der Waals surface area contributed by atoms with Crippen molar-refractivity contribution in [3.8, 4) is 6.07 Å². The first-order chi connectivity index (χ1) is 14.8. The Morgan fingerprint density at radius 3 is 2.77 bits per heavy atom. The van der Waals surface area contributed by atoms with Gasteiger partial charge in [0.2, 0.25) is 0 Å². The molecule has 9 heteroatoms. The van der Waals surface area contributed by atoms with Gasteiger partial charge in [0, 0.05) is 46.0 Å². The molecule has 7 nitrogen and oxygen atoms in total. The van der Waals surface area contributed by atoms with E-state index in [1.165, 1.54) is 11.8 Å². The molecule has 2 saturated heterocycles. The zero-order valence-corrected chi connectivity index (χ0v) is 20.1. The fourth-order valence-electron chi connectivity index (χ4n) is 4.17. The highest BCUT2D eigenvalue weighted by molar-refractivity contribution is 8.26. The van der Waals surface area contributed by atoms with Crippen molar-refractivity contribution in [3.63, 3.8) is 0 Å². The summed E-state index contributed by atoms with van der Waals surface area (Å²) in [6, 6.07) is 2.05. The van der Waals surface area contributed by atoms with Gasteiger partial charge >= 0.3 is 0 Å². The van der Waals surface area contributed by atoms with E-state index < -0.39 is 0 Å². The summed E-state index contributed by atoms with van der Waals surface area (Å²) in [6.07, 6.45) is 4.69. The van der Waals surface area contributed by atoms with E-state index in [4.69, 9.17) is 17.0 Å². The number of thiocarbonyl (C=S) groups is 1. The number of methoxy groups -OCH3 is 1.